The minimum absolute atomic E-state index is 0.0668. The second kappa shape index (κ2) is 9.49. The maximum absolute atomic E-state index is 13.1. The van der Waals surface area contributed by atoms with Crippen LogP contribution in [0.3, 0.4) is 0 Å². The average molecular weight is 507 g/mol. The van der Waals surface area contributed by atoms with Crippen molar-refractivity contribution in [2.24, 2.45) is 0 Å². The molecule has 0 fully saturated rings. The number of aromatic nitrogens is 4. The van der Waals surface area contributed by atoms with Gasteiger partial charge >= 0.3 is 12.2 Å². The quantitative estimate of drug-likeness (QED) is 0.364. The molecule has 35 heavy (non-hydrogen) atoms. The molecule has 0 spiro atoms. The van der Waals surface area contributed by atoms with Crippen molar-refractivity contribution in [1.82, 2.24) is 25.4 Å². The zero-order valence-corrected chi connectivity index (χ0v) is 19.8. The normalized spacial score (nSPS) is 12.1. The molecule has 4 aromatic rings. The van der Waals surface area contributed by atoms with Crippen molar-refractivity contribution in [3.63, 3.8) is 0 Å². The Morgan fingerprint density at radius 1 is 1.14 bits per heavy atom. The molecule has 3 heterocycles. The number of urea groups is 1. The molecule has 0 aliphatic rings. The molecule has 0 aliphatic carbocycles. The Balaban J connectivity index is 1.35. The number of anilines is 1. The Labute approximate surface area is 201 Å². The summed E-state index contributed by atoms with van der Waals surface area (Å²) in [5.74, 6) is 0.187. The highest BCUT2D eigenvalue weighted by Crippen LogP contribution is 2.39. The van der Waals surface area contributed by atoms with Crippen LogP contribution in [0, 0.1) is 0 Å². The van der Waals surface area contributed by atoms with Gasteiger partial charge in [-0.3, -0.25) is 10.3 Å². The van der Waals surface area contributed by atoms with E-state index in [-0.39, 0.29) is 18.8 Å². The highest BCUT2D eigenvalue weighted by molar-refractivity contribution is 7.22. The van der Waals surface area contributed by atoms with Crippen molar-refractivity contribution in [1.29, 1.82) is 0 Å². The van der Waals surface area contributed by atoms with Gasteiger partial charge in [-0.05, 0) is 37.6 Å². The number of methoxy groups -OCH3 is 1. The third kappa shape index (κ3) is 5.34. The molecule has 0 radical (unpaired) electrons. The van der Waals surface area contributed by atoms with E-state index in [0.717, 1.165) is 35.2 Å². The smallest absolute Gasteiger partial charge is 0.402 e. The minimum Gasteiger partial charge on any atom is -0.495 e. The molecule has 2 N–H and O–H groups in total. The number of fused-ring (bicyclic) bond motifs is 1. The SMILES string of the molecule is COc1cncc(-c2ccc3nc(NC(=O)NCCc4noc(C(C)(C)C(F)(F)F)n4)sc3c2)c1. The van der Waals surface area contributed by atoms with Crippen LogP contribution >= 0.6 is 11.3 Å². The number of ether oxygens (including phenoxy) is 1. The number of nitrogens with zero attached hydrogens (tertiary/aromatic N) is 4. The first kappa shape index (κ1) is 24.4. The average Bonchev–Trinajstić information content (AvgIpc) is 3.44. The van der Waals surface area contributed by atoms with Gasteiger partial charge in [0.25, 0.3) is 0 Å². The fourth-order valence-electron chi connectivity index (χ4n) is 3.01. The molecule has 184 valence electrons. The van der Waals surface area contributed by atoms with Gasteiger partial charge in [0, 0.05) is 24.7 Å². The number of benzene rings is 1. The number of carbonyl (C=O) groups is 1. The number of thiazole rings is 1. The lowest BCUT2D eigenvalue weighted by atomic mass is 9.93. The largest absolute Gasteiger partial charge is 0.495 e. The third-order valence-corrected chi connectivity index (χ3v) is 6.17. The highest BCUT2D eigenvalue weighted by Gasteiger charge is 2.52. The number of alkyl halides is 3. The van der Waals surface area contributed by atoms with Gasteiger partial charge < -0.3 is 14.6 Å². The summed E-state index contributed by atoms with van der Waals surface area (Å²) in [5.41, 5.74) is 0.266. The molecule has 0 atom stereocenters. The van der Waals surface area contributed by atoms with Gasteiger partial charge in [0.15, 0.2) is 11.0 Å². The Kier molecular flexibility index (Phi) is 6.61. The molecule has 3 aromatic heterocycles. The summed E-state index contributed by atoms with van der Waals surface area (Å²) in [6.45, 7) is 2.02. The molecule has 1 aromatic carbocycles. The number of amides is 2. The van der Waals surface area contributed by atoms with Gasteiger partial charge in [-0.2, -0.15) is 18.2 Å². The molecule has 0 unspecified atom stereocenters. The van der Waals surface area contributed by atoms with E-state index < -0.39 is 23.5 Å². The Bertz CT molecular complexity index is 1350. The van der Waals surface area contributed by atoms with Crippen LogP contribution in [-0.2, 0) is 11.8 Å². The molecule has 0 aliphatic heterocycles. The predicted octanol–water partition coefficient (Wildman–Crippen LogP) is 4.95. The molecule has 0 bridgehead atoms. The van der Waals surface area contributed by atoms with E-state index in [1.165, 1.54) is 11.3 Å². The second-order valence-electron chi connectivity index (χ2n) is 8.08. The van der Waals surface area contributed by atoms with Gasteiger partial charge in [0.1, 0.15) is 11.2 Å². The van der Waals surface area contributed by atoms with Crippen LogP contribution < -0.4 is 15.4 Å². The minimum atomic E-state index is -4.53. The van der Waals surface area contributed by atoms with Crippen LogP contribution in [0.15, 0.2) is 41.2 Å². The van der Waals surface area contributed by atoms with Gasteiger partial charge in [-0.25, -0.2) is 9.78 Å². The molecule has 0 saturated carbocycles. The summed E-state index contributed by atoms with van der Waals surface area (Å²) in [7, 11) is 1.57. The maximum atomic E-state index is 13.1. The first-order chi connectivity index (χ1) is 16.6. The summed E-state index contributed by atoms with van der Waals surface area (Å²) in [5, 5.41) is 9.22. The van der Waals surface area contributed by atoms with E-state index >= 15 is 0 Å². The molecule has 0 saturated heterocycles. The van der Waals surface area contributed by atoms with E-state index in [1.54, 1.807) is 19.5 Å². The monoisotopic (exact) mass is 506 g/mol. The Morgan fingerprint density at radius 3 is 2.69 bits per heavy atom. The van der Waals surface area contributed by atoms with Crippen molar-refractivity contribution in [2.45, 2.75) is 31.9 Å². The van der Waals surface area contributed by atoms with Crippen molar-refractivity contribution in [2.75, 3.05) is 19.0 Å². The first-order valence-electron chi connectivity index (χ1n) is 10.4. The zero-order chi connectivity index (χ0) is 25.2. The van der Waals surface area contributed by atoms with E-state index in [2.05, 4.69) is 30.7 Å². The van der Waals surface area contributed by atoms with E-state index in [0.29, 0.717) is 10.9 Å². The molecule has 9 nitrogen and oxygen atoms in total. The summed E-state index contributed by atoms with van der Waals surface area (Å²) in [4.78, 5) is 24.6. The summed E-state index contributed by atoms with van der Waals surface area (Å²) in [6.07, 6.45) is -1.08. The van der Waals surface area contributed by atoms with Crippen LogP contribution in [0.1, 0.15) is 25.6 Å². The lowest BCUT2D eigenvalue weighted by Crippen LogP contribution is -2.36. The number of carbonyl (C=O) groups excluding carboxylic acids is 1. The second-order valence-corrected chi connectivity index (χ2v) is 9.12. The van der Waals surface area contributed by atoms with Crippen LogP contribution in [0.2, 0.25) is 0 Å². The van der Waals surface area contributed by atoms with E-state index in [1.807, 2.05) is 24.3 Å². The third-order valence-electron chi connectivity index (χ3n) is 5.24. The standard InChI is InChI=1S/C22H21F3N6O3S/c1-21(2,22(23,24)25)18-29-17(31-34-18)6-7-27-19(32)30-20-28-15-5-4-12(9-16(15)35-20)13-8-14(33-3)11-26-10-13/h4-5,8-11H,6-7H2,1-3H3,(H2,27,28,30,32). The van der Waals surface area contributed by atoms with Crippen molar-refractivity contribution in [3.05, 3.63) is 48.4 Å². The van der Waals surface area contributed by atoms with Crippen LogP contribution in [0.4, 0.5) is 23.1 Å². The summed E-state index contributed by atoms with van der Waals surface area (Å²) < 4.78 is 50.2. The zero-order valence-electron chi connectivity index (χ0n) is 18.9. The maximum Gasteiger partial charge on any atom is 0.402 e. The van der Waals surface area contributed by atoms with Crippen molar-refractivity contribution < 1.29 is 27.2 Å². The fraction of sp³-hybridized carbons (Fsp3) is 0.318. The fourth-order valence-corrected chi connectivity index (χ4v) is 3.91. The van der Waals surface area contributed by atoms with Gasteiger partial charge in [-0.1, -0.05) is 22.6 Å². The van der Waals surface area contributed by atoms with Crippen molar-refractivity contribution >= 4 is 32.7 Å². The predicted molar refractivity (Wildman–Crippen MR) is 124 cm³/mol. The van der Waals surface area contributed by atoms with E-state index in [4.69, 9.17) is 9.26 Å². The van der Waals surface area contributed by atoms with Crippen LogP contribution in [0.5, 0.6) is 5.75 Å². The number of pyridine rings is 1. The van der Waals surface area contributed by atoms with Crippen LogP contribution in [-0.4, -0.2) is 46.0 Å². The Morgan fingerprint density at radius 2 is 1.94 bits per heavy atom. The van der Waals surface area contributed by atoms with E-state index in [9.17, 15) is 18.0 Å². The molecule has 4 rings (SSSR count). The highest BCUT2D eigenvalue weighted by atomic mass is 32.1. The summed E-state index contributed by atoms with van der Waals surface area (Å²) in [6, 6.07) is 7.06. The van der Waals surface area contributed by atoms with Crippen molar-refractivity contribution in [3.8, 4) is 16.9 Å². The Hall–Kier alpha value is -3.74. The molecule has 2 amide bonds. The topological polar surface area (TPSA) is 115 Å². The number of hydrogen-bond donors (Lipinski definition) is 2. The molecular formula is C22H21F3N6O3S. The van der Waals surface area contributed by atoms with Gasteiger partial charge in [0.2, 0.25) is 5.89 Å². The first-order valence-corrected chi connectivity index (χ1v) is 11.2. The molecule has 13 heteroatoms. The number of nitrogens with one attached hydrogen (secondary N) is 2. The number of rotatable bonds is 7. The molecular weight excluding hydrogens is 485 g/mol. The van der Waals surface area contributed by atoms with Crippen LogP contribution in [0.25, 0.3) is 21.3 Å². The summed E-state index contributed by atoms with van der Waals surface area (Å²) >= 11 is 1.30. The number of hydrogen-bond acceptors (Lipinski definition) is 8. The van der Waals surface area contributed by atoms with Gasteiger partial charge in [0.05, 0.1) is 23.5 Å². The number of halogens is 3. The van der Waals surface area contributed by atoms with Gasteiger partial charge in [-0.15, -0.1) is 0 Å². The lowest BCUT2D eigenvalue weighted by Gasteiger charge is -2.22. The lowest BCUT2D eigenvalue weighted by molar-refractivity contribution is -0.186.